The first-order valence-electron chi connectivity index (χ1n) is 5.94. The molecular weight excluding hydrogens is 276 g/mol. The lowest BCUT2D eigenvalue weighted by atomic mass is 10.4. The van der Waals surface area contributed by atoms with Crippen molar-refractivity contribution in [1.29, 1.82) is 0 Å². The Morgan fingerprint density at radius 1 is 1.45 bits per heavy atom. The minimum absolute atomic E-state index is 0.121. The largest absolute Gasteiger partial charge is 0.334 e. The van der Waals surface area contributed by atoms with Crippen molar-refractivity contribution >= 4 is 29.2 Å². The molecule has 2 aromatic rings. The van der Waals surface area contributed by atoms with Crippen LogP contribution in [0.25, 0.3) is 5.52 Å². The second-order valence-electron chi connectivity index (χ2n) is 3.87. The first-order chi connectivity index (χ1) is 9.70. The zero-order valence-corrected chi connectivity index (χ0v) is 11.5. The number of carbonyl (C=O) groups excluding carboxylic acids is 2. The van der Waals surface area contributed by atoms with Gasteiger partial charge in [-0.05, 0) is 12.1 Å². The zero-order valence-electron chi connectivity index (χ0n) is 10.7. The highest BCUT2D eigenvalue weighted by Gasteiger charge is 2.10. The van der Waals surface area contributed by atoms with Gasteiger partial charge in [0, 0.05) is 12.7 Å². The number of nitrogens with one attached hydrogen (secondary N) is 2. The molecule has 0 aromatic carbocycles. The molecule has 20 heavy (non-hydrogen) atoms. The van der Waals surface area contributed by atoms with E-state index < -0.39 is 6.03 Å². The second-order valence-corrected chi connectivity index (χ2v) is 4.81. The molecule has 0 spiro atoms. The number of imide groups is 1. The summed E-state index contributed by atoms with van der Waals surface area (Å²) < 4.78 is 1.88. The highest BCUT2D eigenvalue weighted by Crippen LogP contribution is 2.17. The third kappa shape index (κ3) is 3.61. The van der Waals surface area contributed by atoms with Crippen molar-refractivity contribution in [3.8, 4) is 0 Å². The van der Waals surface area contributed by atoms with Crippen molar-refractivity contribution in [1.82, 2.24) is 20.0 Å². The van der Waals surface area contributed by atoms with Crippen LogP contribution >= 0.6 is 11.8 Å². The van der Waals surface area contributed by atoms with Crippen LogP contribution in [0.3, 0.4) is 0 Å². The Bertz CT molecular complexity index is 638. The van der Waals surface area contributed by atoms with E-state index in [0.29, 0.717) is 11.7 Å². The van der Waals surface area contributed by atoms with Gasteiger partial charge in [0.15, 0.2) is 5.16 Å². The molecule has 6 nitrogen and oxygen atoms in total. The van der Waals surface area contributed by atoms with Crippen LogP contribution in [-0.4, -0.2) is 33.6 Å². The maximum Gasteiger partial charge on any atom is 0.321 e. The van der Waals surface area contributed by atoms with E-state index in [1.165, 1.54) is 17.8 Å². The Morgan fingerprint density at radius 2 is 2.30 bits per heavy atom. The number of rotatable bonds is 5. The first-order valence-corrected chi connectivity index (χ1v) is 6.92. The molecule has 0 radical (unpaired) electrons. The third-order valence-electron chi connectivity index (χ3n) is 2.40. The fourth-order valence-corrected chi connectivity index (χ4v) is 2.29. The summed E-state index contributed by atoms with van der Waals surface area (Å²) in [5.41, 5.74) is 0.958. The number of hydrogen-bond donors (Lipinski definition) is 2. The monoisotopic (exact) mass is 290 g/mol. The SMILES string of the molecule is C=CCNC(=O)NC(=O)CSc1ncc2ccccn12. The quantitative estimate of drug-likeness (QED) is 0.645. The number of nitrogens with zero attached hydrogens (tertiary/aromatic N) is 2. The summed E-state index contributed by atoms with van der Waals surface area (Å²) in [4.78, 5) is 27.1. The lowest BCUT2D eigenvalue weighted by Gasteiger charge is -2.04. The molecule has 3 amide bonds. The first kappa shape index (κ1) is 14.1. The maximum absolute atomic E-state index is 11.6. The van der Waals surface area contributed by atoms with Gasteiger partial charge in [0.1, 0.15) is 0 Å². The predicted octanol–water partition coefficient (Wildman–Crippen LogP) is 1.44. The average molecular weight is 290 g/mol. The fourth-order valence-electron chi connectivity index (χ4n) is 1.53. The lowest BCUT2D eigenvalue weighted by Crippen LogP contribution is -2.40. The molecule has 0 bridgehead atoms. The molecule has 2 heterocycles. The van der Waals surface area contributed by atoms with E-state index in [-0.39, 0.29) is 11.7 Å². The van der Waals surface area contributed by atoms with Crippen LogP contribution in [0.15, 0.2) is 48.4 Å². The van der Waals surface area contributed by atoms with Gasteiger partial charge in [0.2, 0.25) is 5.91 Å². The van der Waals surface area contributed by atoms with E-state index >= 15 is 0 Å². The van der Waals surface area contributed by atoms with Crippen molar-refractivity contribution in [2.75, 3.05) is 12.3 Å². The maximum atomic E-state index is 11.6. The zero-order chi connectivity index (χ0) is 14.4. The number of amides is 3. The summed E-state index contributed by atoms with van der Waals surface area (Å²) in [6.45, 7) is 3.78. The molecule has 2 aromatic heterocycles. The van der Waals surface area contributed by atoms with Crippen molar-refractivity contribution in [2.24, 2.45) is 0 Å². The molecular formula is C13H14N4O2S. The fraction of sp³-hybridized carbons (Fsp3) is 0.154. The number of imidazole rings is 1. The summed E-state index contributed by atoms with van der Waals surface area (Å²) in [5, 5.41) is 5.41. The van der Waals surface area contributed by atoms with Crippen molar-refractivity contribution in [2.45, 2.75) is 5.16 Å². The standard InChI is InChI=1S/C13H14N4O2S/c1-2-6-14-12(19)16-11(18)9-20-13-15-8-10-5-3-4-7-17(10)13/h2-5,7-8H,1,6,9H2,(H2,14,16,18,19). The summed E-state index contributed by atoms with van der Waals surface area (Å²) in [5.74, 6) is -0.251. The molecule has 0 saturated carbocycles. The number of fused-ring (bicyclic) bond motifs is 1. The summed E-state index contributed by atoms with van der Waals surface area (Å²) in [6, 6.07) is 5.22. The summed E-state index contributed by atoms with van der Waals surface area (Å²) in [7, 11) is 0. The van der Waals surface area contributed by atoms with Crippen LogP contribution in [0.1, 0.15) is 0 Å². The van der Waals surface area contributed by atoms with Gasteiger partial charge in [-0.25, -0.2) is 9.78 Å². The van der Waals surface area contributed by atoms with Crippen molar-refractivity contribution < 1.29 is 9.59 Å². The van der Waals surface area contributed by atoms with Gasteiger partial charge in [-0.2, -0.15) is 0 Å². The van der Waals surface area contributed by atoms with Gasteiger partial charge < -0.3 is 5.32 Å². The van der Waals surface area contributed by atoms with E-state index in [1.807, 2.05) is 28.8 Å². The Labute approximate surface area is 120 Å². The molecule has 0 aliphatic carbocycles. The Hall–Kier alpha value is -2.28. The van der Waals surface area contributed by atoms with E-state index in [4.69, 9.17) is 0 Å². The van der Waals surface area contributed by atoms with Crippen LogP contribution in [0.2, 0.25) is 0 Å². The number of aromatic nitrogens is 2. The molecule has 2 rings (SSSR count). The van der Waals surface area contributed by atoms with Gasteiger partial charge in [-0.1, -0.05) is 23.9 Å². The Kier molecular flexibility index (Phi) is 4.78. The van der Waals surface area contributed by atoms with Gasteiger partial charge in [-0.3, -0.25) is 14.5 Å². The van der Waals surface area contributed by atoms with E-state index in [2.05, 4.69) is 22.2 Å². The highest BCUT2D eigenvalue weighted by atomic mass is 32.2. The Morgan fingerprint density at radius 3 is 3.10 bits per heavy atom. The number of pyridine rings is 1. The number of urea groups is 1. The summed E-state index contributed by atoms with van der Waals surface area (Å²) in [6.07, 6.45) is 5.14. The smallest absolute Gasteiger partial charge is 0.321 e. The Balaban J connectivity index is 1.87. The second kappa shape index (κ2) is 6.76. The number of thioether (sulfide) groups is 1. The van der Waals surface area contributed by atoms with Crippen LogP contribution < -0.4 is 10.6 Å². The molecule has 0 aliphatic heterocycles. The third-order valence-corrected chi connectivity index (χ3v) is 3.36. The summed E-state index contributed by atoms with van der Waals surface area (Å²) >= 11 is 1.27. The molecule has 0 atom stereocenters. The highest BCUT2D eigenvalue weighted by molar-refractivity contribution is 7.99. The number of hydrogen-bond acceptors (Lipinski definition) is 4. The van der Waals surface area contributed by atoms with Gasteiger partial charge in [0.25, 0.3) is 0 Å². The molecule has 0 unspecified atom stereocenters. The van der Waals surface area contributed by atoms with Crippen LogP contribution in [-0.2, 0) is 4.79 Å². The normalized spacial score (nSPS) is 10.2. The van der Waals surface area contributed by atoms with Gasteiger partial charge >= 0.3 is 6.03 Å². The lowest BCUT2D eigenvalue weighted by molar-refractivity contribution is -0.117. The van der Waals surface area contributed by atoms with Crippen molar-refractivity contribution in [3.05, 3.63) is 43.2 Å². The van der Waals surface area contributed by atoms with E-state index in [0.717, 1.165) is 5.52 Å². The molecule has 0 fully saturated rings. The number of carbonyl (C=O) groups is 2. The molecule has 7 heteroatoms. The average Bonchev–Trinajstić information content (AvgIpc) is 2.86. The van der Waals surface area contributed by atoms with Gasteiger partial charge in [0.05, 0.1) is 17.5 Å². The minimum Gasteiger partial charge on any atom is -0.334 e. The minimum atomic E-state index is -0.525. The predicted molar refractivity (Wildman–Crippen MR) is 77.7 cm³/mol. The van der Waals surface area contributed by atoms with Crippen molar-refractivity contribution in [3.63, 3.8) is 0 Å². The van der Waals surface area contributed by atoms with Crippen LogP contribution in [0, 0.1) is 0 Å². The topological polar surface area (TPSA) is 75.5 Å². The van der Waals surface area contributed by atoms with E-state index in [9.17, 15) is 9.59 Å². The molecule has 0 saturated heterocycles. The molecule has 2 N–H and O–H groups in total. The molecule has 0 aliphatic rings. The van der Waals surface area contributed by atoms with E-state index in [1.54, 1.807) is 6.20 Å². The van der Waals surface area contributed by atoms with Crippen LogP contribution in [0.4, 0.5) is 4.79 Å². The van der Waals surface area contributed by atoms with Crippen LogP contribution in [0.5, 0.6) is 0 Å². The molecule has 104 valence electrons. The van der Waals surface area contributed by atoms with Gasteiger partial charge in [-0.15, -0.1) is 6.58 Å².